The maximum absolute atomic E-state index is 13.7. The van der Waals surface area contributed by atoms with E-state index >= 15 is 0 Å². The van der Waals surface area contributed by atoms with Crippen molar-refractivity contribution < 1.29 is 9.90 Å². The van der Waals surface area contributed by atoms with E-state index in [9.17, 15) is 4.79 Å². The Morgan fingerprint density at radius 2 is 1.79 bits per heavy atom. The first-order valence-corrected chi connectivity index (χ1v) is 11.9. The van der Waals surface area contributed by atoms with Crippen molar-refractivity contribution in [1.29, 1.82) is 0 Å². The molecule has 0 spiro atoms. The molecule has 0 atom stereocenters. The Morgan fingerprint density at radius 3 is 2.33 bits per heavy atom. The Kier molecular flexibility index (Phi) is 9.48. The van der Waals surface area contributed by atoms with Gasteiger partial charge in [-0.25, -0.2) is 0 Å². The van der Waals surface area contributed by atoms with Crippen LogP contribution in [0.15, 0.2) is 48.2 Å². The second-order valence-corrected chi connectivity index (χ2v) is 9.58. The van der Waals surface area contributed by atoms with Crippen molar-refractivity contribution in [3.63, 3.8) is 0 Å². The molecule has 0 saturated heterocycles. The van der Waals surface area contributed by atoms with Gasteiger partial charge < -0.3 is 15.4 Å². The molecule has 0 saturated carbocycles. The summed E-state index contributed by atoms with van der Waals surface area (Å²) in [7, 11) is 0. The lowest BCUT2D eigenvalue weighted by molar-refractivity contribution is 0.103. The number of unbranched alkanes of at least 4 members (excludes halogenated alkanes) is 1. The third kappa shape index (κ3) is 6.82. The van der Waals surface area contributed by atoms with E-state index in [1.54, 1.807) is 6.08 Å². The lowest BCUT2D eigenvalue weighted by Gasteiger charge is -2.19. The van der Waals surface area contributed by atoms with E-state index in [1.165, 1.54) is 5.56 Å². The molecule has 0 aliphatic rings. The molecular weight excluding hydrogens is 408 g/mol. The van der Waals surface area contributed by atoms with Crippen LogP contribution >= 0.6 is 0 Å². The van der Waals surface area contributed by atoms with Crippen LogP contribution in [-0.2, 0) is 11.8 Å². The Hall–Kier alpha value is -2.85. The number of aliphatic hydroxyl groups excluding tert-OH is 1. The number of carbonyl (C=O) groups is 1. The minimum absolute atomic E-state index is 0.00481. The zero-order chi connectivity index (χ0) is 24.6. The number of aryl methyl sites for hydroxylation is 1. The lowest BCUT2D eigenvalue weighted by Crippen LogP contribution is -2.17. The normalized spacial score (nSPS) is 12.7. The fourth-order valence-corrected chi connectivity index (χ4v) is 3.77. The Balaban J connectivity index is 2.51. The first kappa shape index (κ1) is 26.4. The predicted octanol–water partition coefficient (Wildman–Crippen LogP) is 6.42. The highest BCUT2D eigenvalue weighted by atomic mass is 16.2. The fraction of sp³-hybridized carbons (Fsp3) is 0.414. The smallest absolute Gasteiger partial charge is 0.195 e. The molecule has 0 radical (unpaired) electrons. The van der Waals surface area contributed by atoms with Gasteiger partial charge in [0.1, 0.15) is 0 Å². The van der Waals surface area contributed by atoms with Crippen LogP contribution < -0.4 is 5.32 Å². The number of ketones is 1. The molecule has 1 aromatic heterocycles. The lowest BCUT2D eigenvalue weighted by atomic mass is 9.85. The number of carbonyl (C=O) groups excluding carboxylic acids is 1. The van der Waals surface area contributed by atoms with Gasteiger partial charge in [-0.2, -0.15) is 0 Å². The average Bonchev–Trinajstić information content (AvgIpc) is 3.16. The number of aliphatic hydroxyl groups is 1. The number of aromatic amines is 1. The minimum Gasteiger partial charge on any atom is -0.396 e. The molecule has 33 heavy (non-hydrogen) atoms. The van der Waals surface area contributed by atoms with Crippen LogP contribution in [0, 0.1) is 0 Å². The van der Waals surface area contributed by atoms with Crippen LogP contribution in [0.25, 0.3) is 12.2 Å². The van der Waals surface area contributed by atoms with E-state index in [1.807, 2.05) is 30.5 Å². The van der Waals surface area contributed by atoms with Crippen LogP contribution in [0.5, 0.6) is 0 Å². The van der Waals surface area contributed by atoms with Crippen LogP contribution in [0.2, 0.25) is 0 Å². The van der Waals surface area contributed by atoms with Gasteiger partial charge in [0.25, 0.3) is 0 Å². The first-order chi connectivity index (χ1) is 15.6. The molecule has 1 heterocycles. The number of H-pyrrole nitrogens is 1. The number of benzene rings is 1. The molecule has 0 aliphatic carbocycles. The van der Waals surface area contributed by atoms with Gasteiger partial charge in [-0.05, 0) is 69.0 Å². The van der Waals surface area contributed by atoms with Crippen molar-refractivity contribution in [3.05, 3.63) is 81.8 Å². The molecule has 0 aliphatic heterocycles. The summed E-state index contributed by atoms with van der Waals surface area (Å²) in [5.74, 6) is 0.00481. The molecule has 1 aromatic carbocycles. The first-order valence-electron chi connectivity index (χ1n) is 11.9. The van der Waals surface area contributed by atoms with Crippen LogP contribution in [0.4, 0.5) is 0 Å². The molecule has 2 aromatic rings. The highest BCUT2D eigenvalue weighted by Gasteiger charge is 2.28. The van der Waals surface area contributed by atoms with Crippen LogP contribution in [0.3, 0.4) is 0 Å². The molecule has 0 bridgehead atoms. The Morgan fingerprint density at radius 1 is 1.12 bits per heavy atom. The van der Waals surface area contributed by atoms with Crippen molar-refractivity contribution in [2.24, 2.45) is 0 Å². The van der Waals surface area contributed by atoms with Crippen LogP contribution in [-0.4, -0.2) is 29.0 Å². The van der Waals surface area contributed by atoms with E-state index in [4.69, 9.17) is 5.11 Å². The molecule has 2 rings (SSSR count). The summed E-state index contributed by atoms with van der Waals surface area (Å²) in [4.78, 5) is 17.2. The fourth-order valence-electron chi connectivity index (χ4n) is 3.77. The number of hydrogen-bond acceptors (Lipinski definition) is 3. The number of nitrogens with one attached hydrogen (secondary N) is 2. The maximum Gasteiger partial charge on any atom is 0.195 e. The summed E-state index contributed by atoms with van der Waals surface area (Å²) in [6.45, 7) is 17.7. The predicted molar refractivity (Wildman–Crippen MR) is 141 cm³/mol. The highest BCUT2D eigenvalue weighted by Crippen LogP contribution is 2.33. The summed E-state index contributed by atoms with van der Waals surface area (Å²) >= 11 is 0. The van der Waals surface area contributed by atoms with Gasteiger partial charge >= 0.3 is 0 Å². The van der Waals surface area contributed by atoms with Crippen LogP contribution in [0.1, 0.15) is 92.8 Å². The SMILES string of the molecule is C=Cc1c(/C=C(C)/C(C)=C/NCC)[nH]c(C(C)(C)C)c1C(=O)c1ccc(CCCCO)cc1. The van der Waals surface area contributed by atoms with Gasteiger partial charge in [-0.15, -0.1) is 0 Å². The summed E-state index contributed by atoms with van der Waals surface area (Å²) in [6.07, 6.45) is 8.52. The molecular formula is C29H40N2O2. The summed E-state index contributed by atoms with van der Waals surface area (Å²) < 4.78 is 0. The third-order valence-electron chi connectivity index (χ3n) is 5.85. The standard InChI is InChI=1S/C29H40N2O2/c1-8-24-25(18-20(3)21(4)19-30-9-2)31-28(29(5,6)7)26(24)27(33)23-15-13-22(14-16-23)12-10-11-17-32/h8,13-16,18-19,30-32H,1,9-12,17H2,2-7H3/b20-18+,21-19+. The van der Waals surface area contributed by atoms with Gasteiger partial charge in [0.2, 0.25) is 0 Å². The third-order valence-corrected chi connectivity index (χ3v) is 5.85. The van der Waals surface area contributed by atoms with Gasteiger partial charge in [0.05, 0.1) is 5.56 Å². The zero-order valence-corrected chi connectivity index (χ0v) is 21.1. The monoisotopic (exact) mass is 448 g/mol. The quantitative estimate of drug-likeness (QED) is 0.211. The molecule has 0 fully saturated rings. The van der Waals surface area contributed by atoms with E-state index in [-0.39, 0.29) is 17.8 Å². The van der Waals surface area contributed by atoms with Gasteiger partial charge in [-0.3, -0.25) is 4.79 Å². The van der Waals surface area contributed by atoms with Gasteiger partial charge in [0.15, 0.2) is 5.78 Å². The van der Waals surface area contributed by atoms with Crippen molar-refractivity contribution in [3.8, 4) is 0 Å². The molecule has 0 amide bonds. The second-order valence-electron chi connectivity index (χ2n) is 9.58. The number of aromatic nitrogens is 1. The van der Waals surface area contributed by atoms with Gasteiger partial charge in [0, 0.05) is 41.1 Å². The average molecular weight is 449 g/mol. The Bertz CT molecular complexity index is 1020. The van der Waals surface area contributed by atoms with Crippen molar-refractivity contribution in [2.45, 2.75) is 66.2 Å². The highest BCUT2D eigenvalue weighted by molar-refractivity contribution is 6.12. The maximum atomic E-state index is 13.7. The second kappa shape index (κ2) is 11.9. The number of allylic oxidation sites excluding steroid dienone is 2. The van der Waals surface area contributed by atoms with Gasteiger partial charge in [-0.1, -0.05) is 57.7 Å². The van der Waals surface area contributed by atoms with E-state index < -0.39 is 0 Å². The van der Waals surface area contributed by atoms with E-state index in [2.05, 4.69) is 64.5 Å². The summed E-state index contributed by atoms with van der Waals surface area (Å²) in [5, 5.41) is 12.2. The largest absolute Gasteiger partial charge is 0.396 e. The van der Waals surface area contributed by atoms with E-state index in [0.29, 0.717) is 11.1 Å². The minimum atomic E-state index is -0.234. The molecule has 4 heteroatoms. The molecule has 4 nitrogen and oxygen atoms in total. The molecule has 178 valence electrons. The van der Waals surface area contributed by atoms with Crippen molar-refractivity contribution >= 4 is 17.9 Å². The molecule has 3 N–H and O–H groups in total. The topological polar surface area (TPSA) is 65.1 Å². The zero-order valence-electron chi connectivity index (χ0n) is 21.1. The van der Waals surface area contributed by atoms with Crippen molar-refractivity contribution in [1.82, 2.24) is 10.3 Å². The van der Waals surface area contributed by atoms with E-state index in [0.717, 1.165) is 53.9 Å². The Labute approximate surface area is 199 Å². The number of hydrogen-bond donors (Lipinski definition) is 3. The number of rotatable bonds is 11. The summed E-state index contributed by atoms with van der Waals surface area (Å²) in [6, 6.07) is 7.85. The van der Waals surface area contributed by atoms with Crippen molar-refractivity contribution in [2.75, 3.05) is 13.2 Å². The summed E-state index contributed by atoms with van der Waals surface area (Å²) in [5.41, 5.74) is 7.23. The molecule has 0 unspecified atom stereocenters.